The lowest BCUT2D eigenvalue weighted by Crippen LogP contribution is -2.51. The molecule has 1 N–H and O–H groups in total. The molecule has 8 atom stereocenters. The van der Waals surface area contributed by atoms with Crippen LogP contribution in [0.25, 0.3) is 0 Å². The van der Waals surface area contributed by atoms with Crippen LogP contribution in [-0.2, 0) is 0 Å². The number of fused-ring (bicyclic) bond motifs is 5. The number of nitrogens with one attached hydrogen (secondary N) is 1. The van der Waals surface area contributed by atoms with Crippen LogP contribution in [0.1, 0.15) is 105 Å². The van der Waals surface area contributed by atoms with E-state index in [9.17, 15) is 0 Å². The number of anilines is 1. The van der Waals surface area contributed by atoms with Crippen LogP contribution < -0.4 is 5.32 Å². The molecule has 1 heteroatoms. The molecule has 0 saturated heterocycles. The lowest BCUT2D eigenvalue weighted by molar-refractivity contribution is -0.0505. The zero-order valence-corrected chi connectivity index (χ0v) is 22.8. The van der Waals surface area contributed by atoms with Gasteiger partial charge in [-0.25, -0.2) is 0 Å². The highest BCUT2D eigenvalue weighted by Crippen LogP contribution is 2.67. The van der Waals surface area contributed by atoms with Gasteiger partial charge in [-0.05, 0) is 110 Å². The topological polar surface area (TPSA) is 12.0 Å². The first-order valence-corrected chi connectivity index (χ1v) is 14.8. The third-order valence-electron chi connectivity index (χ3n) is 11.4. The number of para-hydroxylation sites is 1. The Hall–Kier alpha value is -1.24. The van der Waals surface area contributed by atoms with E-state index in [-0.39, 0.29) is 0 Å². The lowest BCUT2D eigenvalue weighted by Gasteiger charge is -2.58. The van der Waals surface area contributed by atoms with Gasteiger partial charge in [0.25, 0.3) is 0 Å². The number of benzene rings is 1. The number of hydrogen-bond donors (Lipinski definition) is 1. The molecule has 0 amide bonds. The van der Waals surface area contributed by atoms with Crippen LogP contribution in [0, 0.1) is 46.3 Å². The molecule has 0 radical (unpaired) electrons. The minimum absolute atomic E-state index is 0.458. The van der Waals surface area contributed by atoms with E-state index in [4.69, 9.17) is 0 Å². The molecule has 5 rings (SSSR count). The summed E-state index contributed by atoms with van der Waals surface area (Å²) in [6.45, 7) is 12.8. The fourth-order valence-corrected chi connectivity index (χ4v) is 9.58. The molecule has 188 valence electrons. The highest BCUT2D eigenvalue weighted by Gasteiger charge is 2.59. The molecule has 0 heterocycles. The molecular formula is C33H51N. The van der Waals surface area contributed by atoms with Gasteiger partial charge in [0.2, 0.25) is 0 Å². The van der Waals surface area contributed by atoms with Gasteiger partial charge in [0.1, 0.15) is 0 Å². The van der Waals surface area contributed by atoms with Crippen molar-refractivity contribution in [3.63, 3.8) is 0 Å². The van der Waals surface area contributed by atoms with Crippen molar-refractivity contribution in [2.45, 2.75) is 111 Å². The molecule has 3 fully saturated rings. The van der Waals surface area contributed by atoms with E-state index >= 15 is 0 Å². The third-order valence-corrected chi connectivity index (χ3v) is 11.4. The summed E-state index contributed by atoms with van der Waals surface area (Å²) in [4.78, 5) is 0. The van der Waals surface area contributed by atoms with Crippen LogP contribution >= 0.6 is 0 Å². The maximum atomic E-state index is 3.85. The van der Waals surface area contributed by atoms with Crippen LogP contribution in [0.15, 0.2) is 42.0 Å². The summed E-state index contributed by atoms with van der Waals surface area (Å²) in [6, 6.07) is 11.5. The van der Waals surface area contributed by atoms with Crippen molar-refractivity contribution in [2.24, 2.45) is 46.3 Å². The first kappa shape index (κ1) is 24.5. The fraction of sp³-hybridized carbons (Fsp3) is 0.758. The summed E-state index contributed by atoms with van der Waals surface area (Å²) >= 11 is 0. The van der Waals surface area contributed by atoms with Crippen LogP contribution in [0.3, 0.4) is 0 Å². The van der Waals surface area contributed by atoms with Crippen LogP contribution in [0.4, 0.5) is 5.69 Å². The molecule has 4 aliphatic carbocycles. The first-order valence-electron chi connectivity index (χ1n) is 14.8. The van der Waals surface area contributed by atoms with Crippen molar-refractivity contribution >= 4 is 5.69 Å². The largest absolute Gasteiger partial charge is 0.382 e. The molecule has 1 nitrogen and oxygen atoms in total. The van der Waals surface area contributed by atoms with Gasteiger partial charge in [-0.15, -0.1) is 0 Å². The second kappa shape index (κ2) is 9.67. The number of hydrogen-bond acceptors (Lipinski definition) is 1. The van der Waals surface area contributed by atoms with E-state index in [0.29, 0.717) is 16.9 Å². The Labute approximate surface area is 210 Å². The van der Waals surface area contributed by atoms with Gasteiger partial charge in [-0.1, -0.05) is 83.7 Å². The van der Waals surface area contributed by atoms with E-state index in [0.717, 1.165) is 35.5 Å². The second-order valence-electron chi connectivity index (χ2n) is 13.7. The molecule has 34 heavy (non-hydrogen) atoms. The smallest absolute Gasteiger partial charge is 0.0342 e. The zero-order chi connectivity index (χ0) is 23.9. The summed E-state index contributed by atoms with van der Waals surface area (Å²) in [6.07, 6.45) is 18.4. The van der Waals surface area contributed by atoms with Gasteiger partial charge >= 0.3 is 0 Å². The Kier molecular flexibility index (Phi) is 6.95. The summed E-state index contributed by atoms with van der Waals surface area (Å²) in [5.41, 5.74) is 4.15. The van der Waals surface area contributed by atoms with Gasteiger partial charge in [-0.3, -0.25) is 0 Å². The van der Waals surface area contributed by atoms with Crippen molar-refractivity contribution in [3.05, 3.63) is 42.0 Å². The second-order valence-corrected chi connectivity index (χ2v) is 13.7. The summed E-state index contributed by atoms with van der Waals surface area (Å²) in [5.74, 6) is 5.58. The van der Waals surface area contributed by atoms with Crippen LogP contribution in [-0.4, -0.2) is 6.04 Å². The van der Waals surface area contributed by atoms with Gasteiger partial charge in [0.15, 0.2) is 0 Å². The predicted molar refractivity (Wildman–Crippen MR) is 147 cm³/mol. The molecule has 1 aromatic carbocycles. The molecule has 1 aromatic rings. The Balaban J connectivity index is 1.27. The van der Waals surface area contributed by atoms with Crippen molar-refractivity contribution in [1.82, 2.24) is 0 Å². The Bertz CT molecular complexity index is 855. The average molecular weight is 462 g/mol. The molecule has 0 aliphatic heterocycles. The Morgan fingerprint density at radius 2 is 1.71 bits per heavy atom. The van der Waals surface area contributed by atoms with Crippen molar-refractivity contribution in [3.8, 4) is 0 Å². The maximum Gasteiger partial charge on any atom is 0.0342 e. The molecule has 3 saturated carbocycles. The van der Waals surface area contributed by atoms with Gasteiger partial charge in [0.05, 0.1) is 0 Å². The summed E-state index contributed by atoms with van der Waals surface area (Å²) in [5, 5.41) is 3.85. The van der Waals surface area contributed by atoms with E-state index < -0.39 is 0 Å². The van der Waals surface area contributed by atoms with Gasteiger partial charge in [-0.2, -0.15) is 0 Å². The standard InChI is InChI=1S/C33H51N/c1-23(2)10-9-11-24(3)29-16-17-30-28-15-14-25-22-27(34-26-12-7-6-8-13-26)18-20-32(25,4)31(28)19-21-33(29,30)5/h6-8,12-14,23-24,27-31,34H,9-11,15-22H2,1-5H3/t24-,27+,28+,29-,30+,31+,32+,33-/m1/s1. The summed E-state index contributed by atoms with van der Waals surface area (Å²) in [7, 11) is 0. The number of allylic oxidation sites excluding steroid dienone is 1. The molecule has 4 aliphatic rings. The van der Waals surface area contributed by atoms with E-state index in [2.05, 4.69) is 76.3 Å². The third kappa shape index (κ3) is 4.39. The zero-order valence-electron chi connectivity index (χ0n) is 22.8. The van der Waals surface area contributed by atoms with E-state index in [1.807, 2.05) is 0 Å². The molecule has 0 spiro atoms. The molecule has 0 unspecified atom stereocenters. The monoisotopic (exact) mass is 461 g/mol. The predicted octanol–water partition coefficient (Wildman–Crippen LogP) is 9.51. The lowest BCUT2D eigenvalue weighted by atomic mass is 9.47. The maximum absolute atomic E-state index is 3.85. The minimum atomic E-state index is 0.458. The molecular weight excluding hydrogens is 410 g/mol. The summed E-state index contributed by atoms with van der Waals surface area (Å²) < 4.78 is 0. The average Bonchev–Trinajstić information content (AvgIpc) is 3.17. The SMILES string of the molecule is CC(C)CCC[C@@H](C)[C@H]1CC[C@H]2[C@@H]3CC=C4C[C@@H](Nc5ccccc5)CC[C@]4(C)[C@H]3CC[C@]12C. The Morgan fingerprint density at radius 3 is 2.47 bits per heavy atom. The normalized spacial score (nSPS) is 40.2. The quantitative estimate of drug-likeness (QED) is 0.399. The highest BCUT2D eigenvalue weighted by molar-refractivity contribution is 5.44. The van der Waals surface area contributed by atoms with E-state index in [1.165, 1.54) is 76.3 Å². The van der Waals surface area contributed by atoms with E-state index in [1.54, 1.807) is 5.57 Å². The van der Waals surface area contributed by atoms with Crippen molar-refractivity contribution in [2.75, 3.05) is 5.32 Å². The van der Waals surface area contributed by atoms with Gasteiger partial charge in [0, 0.05) is 11.7 Å². The highest BCUT2D eigenvalue weighted by atomic mass is 14.9. The van der Waals surface area contributed by atoms with Crippen LogP contribution in [0.5, 0.6) is 0 Å². The number of rotatable bonds is 7. The minimum Gasteiger partial charge on any atom is -0.382 e. The van der Waals surface area contributed by atoms with Crippen LogP contribution in [0.2, 0.25) is 0 Å². The Morgan fingerprint density at radius 1 is 0.912 bits per heavy atom. The fourth-order valence-electron chi connectivity index (χ4n) is 9.58. The van der Waals surface area contributed by atoms with Crippen molar-refractivity contribution < 1.29 is 0 Å². The van der Waals surface area contributed by atoms with Crippen molar-refractivity contribution in [1.29, 1.82) is 0 Å². The molecule has 0 bridgehead atoms. The molecule has 0 aromatic heterocycles. The first-order chi connectivity index (χ1) is 16.3. The van der Waals surface area contributed by atoms with Gasteiger partial charge < -0.3 is 5.32 Å².